The minimum Gasteiger partial charge on any atom is -0.384 e. The van der Waals surface area contributed by atoms with E-state index in [0.717, 1.165) is 17.9 Å². The molecular weight excluding hydrogens is 236 g/mol. The monoisotopic (exact) mass is 260 g/mol. The largest absolute Gasteiger partial charge is 0.384 e. The predicted molar refractivity (Wildman–Crippen MR) is 79.7 cm³/mol. The molecule has 19 heavy (non-hydrogen) atoms. The summed E-state index contributed by atoms with van der Waals surface area (Å²) >= 11 is 0. The van der Waals surface area contributed by atoms with Crippen LogP contribution < -0.4 is 10.6 Å². The molecule has 1 saturated carbocycles. The molecule has 1 aliphatic carbocycles. The molecule has 1 aliphatic rings. The Kier molecular flexibility index (Phi) is 4.40. The topological polar surface area (TPSA) is 66.0 Å². The van der Waals surface area contributed by atoms with Gasteiger partial charge in [-0.2, -0.15) is 0 Å². The number of hydrogen-bond donors (Lipinski definition) is 2. The van der Waals surface area contributed by atoms with Crippen LogP contribution in [0.3, 0.4) is 0 Å². The van der Waals surface area contributed by atoms with Gasteiger partial charge in [0, 0.05) is 24.3 Å². The van der Waals surface area contributed by atoms with E-state index in [-0.39, 0.29) is 5.84 Å². The van der Waals surface area contributed by atoms with Crippen LogP contribution in [0.1, 0.15) is 45.1 Å². The molecule has 1 fully saturated rings. The molecule has 4 nitrogen and oxygen atoms in total. The van der Waals surface area contributed by atoms with Crippen LogP contribution in [0.25, 0.3) is 0 Å². The molecule has 0 radical (unpaired) electrons. The van der Waals surface area contributed by atoms with E-state index >= 15 is 0 Å². The lowest BCUT2D eigenvalue weighted by atomic mass is 10.1. The zero-order valence-electron chi connectivity index (χ0n) is 11.9. The Hall–Kier alpha value is -1.58. The number of nitrogens with one attached hydrogen (secondary N) is 1. The summed E-state index contributed by atoms with van der Waals surface area (Å²) in [6, 6.07) is 4.34. The zero-order valence-corrected chi connectivity index (χ0v) is 11.9. The van der Waals surface area contributed by atoms with Gasteiger partial charge >= 0.3 is 0 Å². The van der Waals surface area contributed by atoms with Crippen LogP contribution in [0.4, 0.5) is 5.82 Å². The van der Waals surface area contributed by atoms with Crippen molar-refractivity contribution in [2.45, 2.75) is 45.6 Å². The van der Waals surface area contributed by atoms with Crippen molar-refractivity contribution in [3.8, 4) is 0 Å². The lowest BCUT2D eigenvalue weighted by Gasteiger charge is -2.32. The number of amidine groups is 1. The van der Waals surface area contributed by atoms with Gasteiger partial charge in [0.1, 0.15) is 11.7 Å². The number of hydrogen-bond acceptors (Lipinski definition) is 3. The van der Waals surface area contributed by atoms with Crippen molar-refractivity contribution < 1.29 is 0 Å². The van der Waals surface area contributed by atoms with Gasteiger partial charge < -0.3 is 10.6 Å². The highest BCUT2D eigenvalue weighted by molar-refractivity contribution is 5.95. The lowest BCUT2D eigenvalue weighted by molar-refractivity contribution is 0.531. The number of nitrogen functional groups attached to an aromatic ring is 1. The van der Waals surface area contributed by atoms with Crippen molar-refractivity contribution in [3.05, 3.63) is 23.9 Å². The van der Waals surface area contributed by atoms with Gasteiger partial charge in [-0.3, -0.25) is 5.41 Å². The second kappa shape index (κ2) is 6.04. The van der Waals surface area contributed by atoms with Crippen LogP contribution in [0.15, 0.2) is 18.3 Å². The summed E-state index contributed by atoms with van der Waals surface area (Å²) in [4.78, 5) is 6.90. The van der Waals surface area contributed by atoms with Crippen molar-refractivity contribution in [1.29, 1.82) is 5.41 Å². The lowest BCUT2D eigenvalue weighted by Crippen LogP contribution is -2.37. The molecule has 0 aromatic carbocycles. The number of anilines is 1. The van der Waals surface area contributed by atoms with Gasteiger partial charge in [-0.15, -0.1) is 0 Å². The van der Waals surface area contributed by atoms with Crippen molar-refractivity contribution >= 4 is 11.7 Å². The van der Waals surface area contributed by atoms with E-state index in [9.17, 15) is 0 Å². The van der Waals surface area contributed by atoms with Gasteiger partial charge in [0.05, 0.1) is 0 Å². The van der Waals surface area contributed by atoms with Crippen molar-refractivity contribution in [3.63, 3.8) is 0 Å². The summed E-state index contributed by atoms with van der Waals surface area (Å²) in [5.74, 6) is 1.68. The van der Waals surface area contributed by atoms with Gasteiger partial charge in [0.2, 0.25) is 0 Å². The minimum absolute atomic E-state index is 0.111. The molecule has 0 spiro atoms. The van der Waals surface area contributed by atoms with E-state index in [0.29, 0.717) is 12.0 Å². The molecule has 0 atom stereocenters. The quantitative estimate of drug-likeness (QED) is 0.632. The molecule has 3 N–H and O–H groups in total. The molecule has 1 aromatic heterocycles. The average molecular weight is 260 g/mol. The number of pyridine rings is 1. The third-order valence-electron chi connectivity index (χ3n) is 3.68. The van der Waals surface area contributed by atoms with Crippen molar-refractivity contribution in [1.82, 2.24) is 4.98 Å². The van der Waals surface area contributed by atoms with Crippen LogP contribution in [-0.4, -0.2) is 23.4 Å². The predicted octanol–water partition coefficient (Wildman–Crippen LogP) is 2.77. The van der Waals surface area contributed by atoms with Gasteiger partial charge in [0.25, 0.3) is 0 Å². The summed E-state index contributed by atoms with van der Waals surface area (Å²) in [5.41, 5.74) is 6.34. The van der Waals surface area contributed by atoms with E-state index in [4.69, 9.17) is 11.1 Å². The highest BCUT2D eigenvalue weighted by atomic mass is 15.2. The summed E-state index contributed by atoms with van der Waals surface area (Å²) in [6.07, 6.45) is 6.88. The maximum atomic E-state index is 7.56. The second-order valence-electron chi connectivity index (χ2n) is 5.80. The molecule has 2 rings (SSSR count). The Balaban J connectivity index is 2.25. The molecule has 0 unspecified atom stereocenters. The fraction of sp³-hybridized carbons (Fsp3) is 0.600. The molecule has 0 saturated heterocycles. The minimum atomic E-state index is 0.111. The van der Waals surface area contributed by atoms with Crippen molar-refractivity contribution in [2.75, 3.05) is 11.4 Å². The Morgan fingerprint density at radius 1 is 1.47 bits per heavy atom. The fourth-order valence-corrected chi connectivity index (χ4v) is 2.78. The first-order chi connectivity index (χ1) is 9.08. The Bertz CT molecular complexity index is 436. The Labute approximate surface area is 115 Å². The van der Waals surface area contributed by atoms with Gasteiger partial charge in [-0.25, -0.2) is 4.98 Å². The number of nitrogens with zero attached hydrogens (tertiary/aromatic N) is 2. The van der Waals surface area contributed by atoms with E-state index in [1.54, 1.807) is 12.3 Å². The highest BCUT2D eigenvalue weighted by Crippen LogP contribution is 2.28. The number of rotatable bonds is 5. The fourth-order valence-electron chi connectivity index (χ4n) is 2.78. The highest BCUT2D eigenvalue weighted by Gasteiger charge is 2.24. The third-order valence-corrected chi connectivity index (χ3v) is 3.68. The summed E-state index contributed by atoms with van der Waals surface area (Å²) in [6.45, 7) is 5.48. The summed E-state index contributed by atoms with van der Waals surface area (Å²) in [5, 5.41) is 7.56. The molecule has 4 heteroatoms. The third kappa shape index (κ3) is 3.46. The molecule has 0 bridgehead atoms. The maximum Gasteiger partial charge on any atom is 0.129 e. The molecule has 0 amide bonds. The van der Waals surface area contributed by atoms with Crippen LogP contribution >= 0.6 is 0 Å². The molecule has 1 aromatic rings. The average Bonchev–Trinajstić information content (AvgIpc) is 2.89. The summed E-state index contributed by atoms with van der Waals surface area (Å²) in [7, 11) is 0. The first kappa shape index (κ1) is 13.8. The van der Waals surface area contributed by atoms with Gasteiger partial charge in [-0.1, -0.05) is 26.7 Å². The summed E-state index contributed by atoms with van der Waals surface area (Å²) < 4.78 is 0. The standard InChI is InChI=1S/C15H24N4/c1-11(2)10-19(13-5-3-4-6-13)14-9-12(15(16)17)7-8-18-14/h7-9,11,13H,3-6,10H2,1-2H3,(H3,16,17). The van der Waals surface area contributed by atoms with Crippen LogP contribution in [0.2, 0.25) is 0 Å². The second-order valence-corrected chi connectivity index (χ2v) is 5.80. The van der Waals surface area contributed by atoms with Crippen LogP contribution in [-0.2, 0) is 0 Å². The van der Waals surface area contributed by atoms with E-state index in [1.165, 1.54) is 25.7 Å². The van der Waals surface area contributed by atoms with Gasteiger partial charge in [-0.05, 0) is 30.9 Å². The van der Waals surface area contributed by atoms with Gasteiger partial charge in [0.15, 0.2) is 0 Å². The zero-order chi connectivity index (χ0) is 13.8. The SMILES string of the molecule is CC(C)CN(c1cc(C(=N)N)ccn1)C1CCCC1. The maximum absolute atomic E-state index is 7.56. The molecule has 104 valence electrons. The first-order valence-corrected chi connectivity index (χ1v) is 7.15. The molecular formula is C15H24N4. The van der Waals surface area contributed by atoms with Crippen LogP contribution in [0, 0.1) is 11.3 Å². The van der Waals surface area contributed by atoms with E-state index in [2.05, 4.69) is 23.7 Å². The Morgan fingerprint density at radius 2 is 2.16 bits per heavy atom. The van der Waals surface area contributed by atoms with Crippen LogP contribution in [0.5, 0.6) is 0 Å². The van der Waals surface area contributed by atoms with Crippen molar-refractivity contribution in [2.24, 2.45) is 11.7 Å². The normalized spacial score (nSPS) is 15.9. The molecule has 1 heterocycles. The van der Waals surface area contributed by atoms with E-state index in [1.807, 2.05) is 6.07 Å². The smallest absolute Gasteiger partial charge is 0.129 e. The number of aromatic nitrogens is 1. The molecule has 0 aliphatic heterocycles. The number of nitrogens with two attached hydrogens (primary N) is 1. The van der Waals surface area contributed by atoms with E-state index < -0.39 is 0 Å². The first-order valence-electron chi connectivity index (χ1n) is 7.15. The Morgan fingerprint density at radius 3 is 2.74 bits per heavy atom.